The van der Waals surface area contributed by atoms with Gasteiger partial charge in [-0.05, 0) is 31.5 Å². The van der Waals surface area contributed by atoms with Crippen molar-refractivity contribution in [2.75, 3.05) is 13.6 Å². The Morgan fingerprint density at radius 3 is 2.64 bits per heavy atom. The van der Waals surface area contributed by atoms with Crippen LogP contribution in [0.3, 0.4) is 0 Å². The van der Waals surface area contributed by atoms with Crippen molar-refractivity contribution in [1.29, 1.82) is 0 Å². The summed E-state index contributed by atoms with van der Waals surface area (Å²) in [5.74, 6) is 0. The van der Waals surface area contributed by atoms with Gasteiger partial charge in [0.05, 0.1) is 0 Å². The van der Waals surface area contributed by atoms with Crippen molar-refractivity contribution in [3.05, 3.63) is 22.4 Å². The molecule has 1 N–H and O–H groups in total. The molecule has 0 radical (unpaired) electrons. The molecule has 1 aromatic rings. The highest BCUT2D eigenvalue weighted by Crippen LogP contribution is 2.07. The van der Waals surface area contributed by atoms with Gasteiger partial charge in [0.15, 0.2) is 0 Å². The number of nitrogens with one attached hydrogen (secondary N) is 1. The first-order chi connectivity index (χ1) is 5.43. The summed E-state index contributed by atoms with van der Waals surface area (Å²) in [5.41, 5.74) is 0. The maximum atomic E-state index is 3.11. The first-order valence-corrected chi connectivity index (χ1v) is 4.98. The van der Waals surface area contributed by atoms with Crippen molar-refractivity contribution >= 4 is 11.3 Å². The van der Waals surface area contributed by atoms with Crippen LogP contribution < -0.4 is 5.32 Å². The lowest BCUT2D eigenvalue weighted by Crippen LogP contribution is -2.09. The van der Waals surface area contributed by atoms with Gasteiger partial charge in [0, 0.05) is 4.88 Å². The molecule has 2 heteroatoms. The van der Waals surface area contributed by atoms with Crippen LogP contribution >= 0.6 is 11.3 Å². The fraction of sp³-hybridized carbons (Fsp3) is 0.556. The Hall–Kier alpha value is -0.340. The molecule has 0 saturated carbocycles. The molecule has 0 saturated heterocycles. The third kappa shape index (κ3) is 4.99. The second kappa shape index (κ2) is 7.76. The smallest absolute Gasteiger partial charge is 0.00578 e. The Balaban J connectivity index is 0.000000461. The summed E-state index contributed by atoms with van der Waals surface area (Å²) in [6.07, 6.45) is 1.16. The van der Waals surface area contributed by atoms with Crippen LogP contribution in [0.4, 0.5) is 0 Å². The number of hydrogen-bond acceptors (Lipinski definition) is 2. The summed E-state index contributed by atoms with van der Waals surface area (Å²) in [7, 11) is 1.98. The fourth-order valence-electron chi connectivity index (χ4n) is 0.703. The van der Waals surface area contributed by atoms with E-state index in [0.717, 1.165) is 13.0 Å². The van der Waals surface area contributed by atoms with Gasteiger partial charge in [-0.3, -0.25) is 0 Å². The van der Waals surface area contributed by atoms with Gasteiger partial charge in [-0.15, -0.1) is 11.3 Å². The van der Waals surface area contributed by atoms with Crippen molar-refractivity contribution in [2.45, 2.75) is 20.3 Å². The van der Waals surface area contributed by atoms with Gasteiger partial charge in [0.1, 0.15) is 0 Å². The van der Waals surface area contributed by atoms with E-state index in [1.165, 1.54) is 4.88 Å². The Morgan fingerprint density at radius 2 is 2.18 bits per heavy atom. The number of rotatable bonds is 3. The molecule has 0 atom stereocenters. The minimum Gasteiger partial charge on any atom is -0.319 e. The quantitative estimate of drug-likeness (QED) is 0.737. The molecule has 1 heterocycles. The summed E-state index contributed by atoms with van der Waals surface area (Å²) in [6, 6.07) is 4.26. The van der Waals surface area contributed by atoms with Crippen molar-refractivity contribution in [3.8, 4) is 0 Å². The molecule has 1 rings (SSSR count). The predicted molar refractivity (Wildman–Crippen MR) is 53.3 cm³/mol. The van der Waals surface area contributed by atoms with E-state index in [1.54, 1.807) is 0 Å². The highest BCUT2D eigenvalue weighted by molar-refractivity contribution is 7.09. The van der Waals surface area contributed by atoms with Gasteiger partial charge in [0.25, 0.3) is 0 Å². The minimum atomic E-state index is 1.08. The zero-order chi connectivity index (χ0) is 8.53. The first-order valence-electron chi connectivity index (χ1n) is 4.10. The van der Waals surface area contributed by atoms with Gasteiger partial charge in [0.2, 0.25) is 0 Å². The molecule has 0 bridgehead atoms. The van der Waals surface area contributed by atoms with E-state index in [1.807, 2.05) is 32.2 Å². The van der Waals surface area contributed by atoms with Gasteiger partial charge >= 0.3 is 0 Å². The standard InChI is InChI=1S/C7H11NS.C2H6/c1-8-5-4-7-3-2-6-9-7;1-2/h2-3,6,8H,4-5H2,1H3;1-2H3. The van der Waals surface area contributed by atoms with Crippen LogP contribution in [0.25, 0.3) is 0 Å². The van der Waals surface area contributed by atoms with Crippen LogP contribution in [-0.2, 0) is 6.42 Å². The Labute approximate surface area is 73.5 Å². The second-order valence-corrected chi connectivity index (χ2v) is 2.97. The largest absolute Gasteiger partial charge is 0.319 e. The van der Waals surface area contributed by atoms with E-state index < -0.39 is 0 Å². The minimum absolute atomic E-state index is 1.08. The summed E-state index contributed by atoms with van der Waals surface area (Å²) in [6.45, 7) is 5.08. The summed E-state index contributed by atoms with van der Waals surface area (Å²) in [4.78, 5) is 1.46. The van der Waals surface area contributed by atoms with E-state index in [2.05, 4.69) is 22.8 Å². The average molecular weight is 171 g/mol. The maximum absolute atomic E-state index is 3.11. The third-order valence-corrected chi connectivity index (χ3v) is 2.14. The molecule has 0 spiro atoms. The van der Waals surface area contributed by atoms with Gasteiger partial charge in [-0.1, -0.05) is 19.9 Å². The second-order valence-electron chi connectivity index (χ2n) is 1.93. The highest BCUT2D eigenvalue weighted by Gasteiger charge is 1.89. The molecular formula is C9H17NS. The van der Waals surface area contributed by atoms with Gasteiger partial charge in [-0.2, -0.15) is 0 Å². The van der Waals surface area contributed by atoms with Crippen molar-refractivity contribution < 1.29 is 0 Å². The van der Waals surface area contributed by atoms with Crippen molar-refractivity contribution in [2.24, 2.45) is 0 Å². The molecule has 1 nitrogen and oxygen atoms in total. The van der Waals surface area contributed by atoms with E-state index in [0.29, 0.717) is 0 Å². The van der Waals surface area contributed by atoms with Crippen molar-refractivity contribution in [3.63, 3.8) is 0 Å². The van der Waals surface area contributed by atoms with E-state index in [9.17, 15) is 0 Å². The molecule has 0 aromatic carbocycles. The monoisotopic (exact) mass is 171 g/mol. The fourth-order valence-corrected chi connectivity index (χ4v) is 1.41. The summed E-state index contributed by atoms with van der Waals surface area (Å²) in [5, 5.41) is 5.23. The Kier molecular flexibility index (Phi) is 7.52. The maximum Gasteiger partial charge on any atom is 0.00578 e. The number of likely N-dealkylation sites (N-methyl/N-ethyl adjacent to an activating group) is 1. The van der Waals surface area contributed by atoms with Crippen LogP contribution in [-0.4, -0.2) is 13.6 Å². The normalized spacial score (nSPS) is 8.64. The lowest BCUT2D eigenvalue weighted by Gasteiger charge is -1.92. The molecule has 0 aliphatic rings. The Bertz CT molecular complexity index is 147. The topological polar surface area (TPSA) is 12.0 Å². The molecule has 0 aliphatic carbocycles. The van der Waals surface area contributed by atoms with Crippen LogP contribution in [0.2, 0.25) is 0 Å². The van der Waals surface area contributed by atoms with Crippen LogP contribution in [0.5, 0.6) is 0 Å². The highest BCUT2D eigenvalue weighted by atomic mass is 32.1. The Morgan fingerprint density at radius 1 is 1.45 bits per heavy atom. The molecule has 0 fully saturated rings. The number of thiophene rings is 1. The molecule has 11 heavy (non-hydrogen) atoms. The average Bonchev–Trinajstić information content (AvgIpc) is 2.57. The van der Waals surface area contributed by atoms with Gasteiger partial charge in [-0.25, -0.2) is 0 Å². The molecule has 64 valence electrons. The molecule has 0 amide bonds. The molecule has 0 unspecified atom stereocenters. The summed E-state index contributed by atoms with van der Waals surface area (Å²) >= 11 is 1.82. The van der Waals surface area contributed by atoms with Crippen LogP contribution in [0.1, 0.15) is 18.7 Å². The number of hydrogen-bond donors (Lipinski definition) is 1. The SMILES string of the molecule is CC.CNCCc1cccs1. The zero-order valence-electron chi connectivity index (χ0n) is 7.55. The van der Waals surface area contributed by atoms with Crippen LogP contribution in [0, 0.1) is 0 Å². The predicted octanol–water partition coefficient (Wildman–Crippen LogP) is 2.54. The van der Waals surface area contributed by atoms with E-state index in [4.69, 9.17) is 0 Å². The molecule has 0 aliphatic heterocycles. The lowest BCUT2D eigenvalue weighted by molar-refractivity contribution is 0.799. The van der Waals surface area contributed by atoms with Crippen LogP contribution in [0.15, 0.2) is 17.5 Å². The molecule has 1 aromatic heterocycles. The molecular weight excluding hydrogens is 154 g/mol. The van der Waals surface area contributed by atoms with Crippen molar-refractivity contribution in [1.82, 2.24) is 5.32 Å². The zero-order valence-corrected chi connectivity index (χ0v) is 8.37. The van der Waals surface area contributed by atoms with E-state index >= 15 is 0 Å². The first kappa shape index (κ1) is 10.7. The summed E-state index contributed by atoms with van der Waals surface area (Å²) < 4.78 is 0. The lowest BCUT2D eigenvalue weighted by atomic mass is 10.3. The van der Waals surface area contributed by atoms with E-state index in [-0.39, 0.29) is 0 Å². The van der Waals surface area contributed by atoms with Gasteiger partial charge < -0.3 is 5.32 Å². The third-order valence-electron chi connectivity index (χ3n) is 1.20.